The summed E-state index contributed by atoms with van der Waals surface area (Å²) in [5.41, 5.74) is 0. The van der Waals surface area contributed by atoms with Gasteiger partial charge in [0.1, 0.15) is 12.2 Å². The van der Waals surface area contributed by atoms with E-state index in [9.17, 15) is 29.4 Å². The summed E-state index contributed by atoms with van der Waals surface area (Å²) < 4.78 is 14.5. The number of carbonyl (C=O) groups excluding carboxylic acids is 4. The molecule has 24 heavy (non-hydrogen) atoms. The van der Waals surface area contributed by atoms with Crippen molar-refractivity contribution in [3.8, 4) is 0 Å². The summed E-state index contributed by atoms with van der Waals surface area (Å²) in [4.78, 5) is 44.8. The number of hydrogen-bond acceptors (Lipinski definition) is 10. The maximum Gasteiger partial charge on any atom is 0.303 e. The molecular formula is C14H20O9S. The average molecular weight is 364 g/mol. The summed E-state index contributed by atoms with van der Waals surface area (Å²) in [5, 5.41) is 20.1. The van der Waals surface area contributed by atoms with Gasteiger partial charge in [0.2, 0.25) is 0 Å². The van der Waals surface area contributed by atoms with E-state index in [0.717, 1.165) is 20.8 Å². The number of thiocarbonyl (C=S) groups is 1. The molecule has 9 nitrogen and oxygen atoms in total. The number of carbonyl (C=O) groups is 4. The third-order valence-electron chi connectivity index (χ3n) is 2.76. The van der Waals surface area contributed by atoms with Crippen LogP contribution in [-0.4, -0.2) is 69.8 Å². The summed E-state index contributed by atoms with van der Waals surface area (Å²) in [5.74, 6) is -2.65. The zero-order chi connectivity index (χ0) is 19.0. The first-order valence-electron chi connectivity index (χ1n) is 6.84. The van der Waals surface area contributed by atoms with E-state index in [1.54, 1.807) is 0 Å². The highest BCUT2D eigenvalue weighted by Gasteiger charge is 2.43. The lowest BCUT2D eigenvalue weighted by Crippen LogP contribution is -2.55. The van der Waals surface area contributed by atoms with Crippen molar-refractivity contribution in [2.75, 3.05) is 0 Å². The van der Waals surface area contributed by atoms with E-state index < -0.39 is 48.4 Å². The number of hydrogen-bond donors (Lipinski definition) is 2. The number of aliphatic hydroxyl groups excluding tert-OH is 2. The van der Waals surface area contributed by atoms with Crippen LogP contribution in [0.2, 0.25) is 0 Å². The van der Waals surface area contributed by atoms with E-state index in [4.69, 9.17) is 26.4 Å². The molecule has 0 aromatic carbocycles. The van der Waals surface area contributed by atoms with E-state index in [1.807, 2.05) is 0 Å². The molecule has 0 radical (unpaired) electrons. The molecule has 10 heteroatoms. The first-order valence-corrected chi connectivity index (χ1v) is 7.25. The molecule has 0 heterocycles. The molecule has 1 unspecified atom stereocenters. The molecule has 0 fully saturated rings. The topological polar surface area (TPSA) is 136 Å². The molecule has 0 spiro atoms. The van der Waals surface area contributed by atoms with Crippen molar-refractivity contribution in [2.45, 2.75) is 58.2 Å². The maximum atomic E-state index is 11.3. The van der Waals surface area contributed by atoms with Crippen molar-refractivity contribution in [3.63, 3.8) is 0 Å². The zero-order valence-corrected chi connectivity index (χ0v) is 14.4. The van der Waals surface area contributed by atoms with Gasteiger partial charge in [-0.15, -0.1) is 0 Å². The van der Waals surface area contributed by atoms with Crippen LogP contribution in [0.3, 0.4) is 0 Å². The minimum absolute atomic E-state index is 0.0311. The number of rotatable bonds is 9. The quantitative estimate of drug-likeness (QED) is 0.229. The van der Waals surface area contributed by atoms with Crippen LogP contribution in [0.15, 0.2) is 0 Å². The standard InChI is InChI=1S/C14H20O9S/c1-6(24)11(19)12(20)14(23-9(4)18)13(22-8(3)17)10(5-15)21-7(2)16/h5,10-14,19-20H,1-4H3/t10-,11?,12+,13+,14+/m0/s1. The van der Waals surface area contributed by atoms with Crippen LogP contribution in [-0.2, 0) is 33.4 Å². The SMILES string of the molecule is CC(=O)O[C@@H]([C@H](OC(C)=O)[C@H](O)C(O)C(C)=S)[C@H](C=O)OC(C)=O. The van der Waals surface area contributed by atoms with E-state index >= 15 is 0 Å². The Morgan fingerprint density at radius 3 is 1.62 bits per heavy atom. The average Bonchev–Trinajstić information content (AvgIpc) is 2.46. The highest BCUT2D eigenvalue weighted by molar-refractivity contribution is 7.80. The van der Waals surface area contributed by atoms with Crippen LogP contribution in [0.25, 0.3) is 0 Å². The van der Waals surface area contributed by atoms with Gasteiger partial charge in [0.05, 0.1) is 0 Å². The Kier molecular flexibility index (Phi) is 9.26. The van der Waals surface area contributed by atoms with Crippen LogP contribution >= 0.6 is 12.2 Å². The molecule has 0 aliphatic heterocycles. The second-order valence-electron chi connectivity index (χ2n) is 4.90. The Bertz CT molecular complexity index is 504. The van der Waals surface area contributed by atoms with Crippen LogP contribution in [0.5, 0.6) is 0 Å². The van der Waals surface area contributed by atoms with Gasteiger partial charge in [0, 0.05) is 25.6 Å². The third kappa shape index (κ3) is 7.11. The number of aldehydes is 1. The van der Waals surface area contributed by atoms with Crippen molar-refractivity contribution in [3.05, 3.63) is 0 Å². The summed E-state index contributed by atoms with van der Waals surface area (Å²) in [6, 6.07) is 0. The molecule has 0 saturated heterocycles. The molecule has 0 bridgehead atoms. The van der Waals surface area contributed by atoms with Gasteiger partial charge in [0.15, 0.2) is 24.6 Å². The van der Waals surface area contributed by atoms with Crippen molar-refractivity contribution in [2.24, 2.45) is 0 Å². The third-order valence-corrected chi connectivity index (χ3v) is 3.01. The molecule has 0 aliphatic carbocycles. The summed E-state index contributed by atoms with van der Waals surface area (Å²) in [7, 11) is 0. The molecule has 136 valence electrons. The lowest BCUT2D eigenvalue weighted by atomic mass is 9.97. The Morgan fingerprint density at radius 1 is 0.875 bits per heavy atom. The second-order valence-corrected chi connectivity index (χ2v) is 5.55. The van der Waals surface area contributed by atoms with Crippen molar-refractivity contribution in [1.82, 2.24) is 0 Å². The molecule has 0 rings (SSSR count). The van der Waals surface area contributed by atoms with E-state index in [0.29, 0.717) is 0 Å². The Hall–Kier alpha value is -1.91. The van der Waals surface area contributed by atoms with Crippen molar-refractivity contribution < 1.29 is 43.6 Å². The second kappa shape index (κ2) is 10.1. The molecule has 5 atom stereocenters. The Labute approximate surface area is 143 Å². The van der Waals surface area contributed by atoms with Gasteiger partial charge in [-0.25, -0.2) is 0 Å². The first-order chi connectivity index (χ1) is 11.0. The van der Waals surface area contributed by atoms with Gasteiger partial charge in [-0.3, -0.25) is 19.2 Å². The van der Waals surface area contributed by atoms with Crippen LogP contribution in [0.4, 0.5) is 0 Å². The fourth-order valence-electron chi connectivity index (χ4n) is 1.82. The van der Waals surface area contributed by atoms with Crippen molar-refractivity contribution in [1.29, 1.82) is 0 Å². The smallest absolute Gasteiger partial charge is 0.303 e. The molecule has 2 N–H and O–H groups in total. The van der Waals surface area contributed by atoms with Crippen LogP contribution in [0, 0.1) is 0 Å². The molecule has 0 amide bonds. The molecular weight excluding hydrogens is 344 g/mol. The Balaban J connectivity index is 5.81. The predicted molar refractivity (Wildman–Crippen MR) is 83.0 cm³/mol. The Morgan fingerprint density at radius 2 is 1.29 bits per heavy atom. The van der Waals surface area contributed by atoms with E-state index in [-0.39, 0.29) is 11.2 Å². The zero-order valence-electron chi connectivity index (χ0n) is 13.6. The van der Waals surface area contributed by atoms with Gasteiger partial charge >= 0.3 is 17.9 Å². The minimum Gasteiger partial charge on any atom is -0.456 e. The van der Waals surface area contributed by atoms with E-state index in [2.05, 4.69) is 0 Å². The molecule has 0 aromatic rings. The van der Waals surface area contributed by atoms with Gasteiger partial charge in [-0.2, -0.15) is 0 Å². The minimum atomic E-state index is -1.83. The molecule has 0 saturated carbocycles. The molecule has 0 aliphatic rings. The fraction of sp³-hybridized carbons (Fsp3) is 0.643. The maximum absolute atomic E-state index is 11.3. The largest absolute Gasteiger partial charge is 0.456 e. The van der Waals surface area contributed by atoms with E-state index in [1.165, 1.54) is 6.92 Å². The predicted octanol–water partition coefficient (Wildman–Crippen LogP) is -0.908. The lowest BCUT2D eigenvalue weighted by Gasteiger charge is -2.33. The summed E-state index contributed by atoms with van der Waals surface area (Å²) >= 11 is 4.75. The highest BCUT2D eigenvalue weighted by Crippen LogP contribution is 2.19. The van der Waals surface area contributed by atoms with Crippen molar-refractivity contribution >= 4 is 41.3 Å². The normalized spacial score (nSPS) is 16.8. The monoisotopic (exact) mass is 364 g/mol. The lowest BCUT2D eigenvalue weighted by molar-refractivity contribution is -0.195. The fourth-order valence-corrected chi connectivity index (χ4v) is 1.96. The van der Waals surface area contributed by atoms with Gasteiger partial charge in [-0.05, 0) is 6.92 Å². The van der Waals surface area contributed by atoms with Crippen LogP contribution < -0.4 is 0 Å². The summed E-state index contributed by atoms with van der Waals surface area (Å²) in [6.45, 7) is 4.34. The number of esters is 3. The van der Waals surface area contributed by atoms with Gasteiger partial charge in [0.25, 0.3) is 0 Å². The molecule has 0 aromatic heterocycles. The number of aliphatic hydroxyl groups is 2. The van der Waals surface area contributed by atoms with Gasteiger partial charge < -0.3 is 24.4 Å². The highest BCUT2D eigenvalue weighted by atomic mass is 32.1. The van der Waals surface area contributed by atoms with Gasteiger partial charge in [-0.1, -0.05) is 12.2 Å². The van der Waals surface area contributed by atoms with Crippen LogP contribution in [0.1, 0.15) is 27.7 Å². The summed E-state index contributed by atoms with van der Waals surface area (Å²) in [6.07, 6.45) is -8.33. The first kappa shape index (κ1) is 22.1. The number of ether oxygens (including phenoxy) is 3.